The zero-order valence-corrected chi connectivity index (χ0v) is 15.3. The standard InChI is InChI=1S/C22H22N2O4/c25-20(23-14-15-6-2-1-3-7-15)18-8-4-5-9-19(18)21(26)24-17-12-10-16(11-13-17)22(27)28/h1-7,10-13,18-19H,8-9,14H2,(H,23,25)(H,24,26)(H,27,28). The maximum absolute atomic E-state index is 12.7. The molecule has 2 aromatic carbocycles. The van der Waals surface area contributed by atoms with Crippen LogP contribution in [-0.4, -0.2) is 22.9 Å². The molecule has 0 saturated heterocycles. The number of carbonyl (C=O) groups excluding carboxylic acids is 2. The molecular formula is C22H22N2O4. The van der Waals surface area contributed by atoms with Crippen molar-refractivity contribution in [2.75, 3.05) is 5.32 Å². The summed E-state index contributed by atoms with van der Waals surface area (Å²) >= 11 is 0. The minimum Gasteiger partial charge on any atom is -0.478 e. The van der Waals surface area contributed by atoms with Crippen LogP contribution in [0.5, 0.6) is 0 Å². The monoisotopic (exact) mass is 378 g/mol. The van der Waals surface area contributed by atoms with Gasteiger partial charge in [-0.05, 0) is 42.7 Å². The van der Waals surface area contributed by atoms with E-state index in [0.29, 0.717) is 25.1 Å². The van der Waals surface area contributed by atoms with E-state index in [1.54, 1.807) is 12.1 Å². The number of nitrogens with one attached hydrogen (secondary N) is 2. The minimum atomic E-state index is -1.02. The van der Waals surface area contributed by atoms with Crippen molar-refractivity contribution in [2.24, 2.45) is 11.8 Å². The molecule has 3 N–H and O–H groups in total. The number of aromatic carboxylic acids is 1. The van der Waals surface area contributed by atoms with E-state index < -0.39 is 17.8 Å². The first-order chi connectivity index (χ1) is 13.5. The highest BCUT2D eigenvalue weighted by Gasteiger charge is 2.33. The second-order valence-corrected chi connectivity index (χ2v) is 6.73. The van der Waals surface area contributed by atoms with Gasteiger partial charge >= 0.3 is 5.97 Å². The summed E-state index contributed by atoms with van der Waals surface area (Å²) < 4.78 is 0. The van der Waals surface area contributed by atoms with E-state index in [-0.39, 0.29) is 17.4 Å². The van der Waals surface area contributed by atoms with Crippen molar-refractivity contribution in [1.82, 2.24) is 5.32 Å². The van der Waals surface area contributed by atoms with E-state index >= 15 is 0 Å². The molecule has 144 valence electrons. The first kappa shape index (κ1) is 19.4. The van der Waals surface area contributed by atoms with Gasteiger partial charge in [-0.3, -0.25) is 9.59 Å². The van der Waals surface area contributed by atoms with Gasteiger partial charge in [0.25, 0.3) is 0 Å². The van der Waals surface area contributed by atoms with Crippen LogP contribution in [0.15, 0.2) is 66.7 Å². The summed E-state index contributed by atoms with van der Waals surface area (Å²) in [6.07, 6.45) is 4.84. The molecule has 0 radical (unpaired) electrons. The smallest absolute Gasteiger partial charge is 0.335 e. The Morgan fingerprint density at radius 2 is 1.46 bits per heavy atom. The van der Waals surface area contributed by atoms with Gasteiger partial charge in [-0.25, -0.2) is 4.79 Å². The van der Waals surface area contributed by atoms with Crippen LogP contribution < -0.4 is 10.6 Å². The van der Waals surface area contributed by atoms with Crippen molar-refractivity contribution in [3.63, 3.8) is 0 Å². The zero-order valence-electron chi connectivity index (χ0n) is 15.3. The van der Waals surface area contributed by atoms with Crippen LogP contribution in [0.25, 0.3) is 0 Å². The number of benzene rings is 2. The van der Waals surface area contributed by atoms with Crippen LogP contribution in [-0.2, 0) is 16.1 Å². The van der Waals surface area contributed by atoms with E-state index in [0.717, 1.165) is 5.56 Å². The number of allylic oxidation sites excluding steroid dienone is 2. The second-order valence-electron chi connectivity index (χ2n) is 6.73. The molecule has 6 heteroatoms. The molecule has 1 aliphatic carbocycles. The number of amides is 2. The first-order valence-electron chi connectivity index (χ1n) is 9.15. The average molecular weight is 378 g/mol. The zero-order chi connectivity index (χ0) is 19.9. The number of anilines is 1. The predicted molar refractivity (Wildman–Crippen MR) is 106 cm³/mol. The minimum absolute atomic E-state index is 0.144. The van der Waals surface area contributed by atoms with Gasteiger partial charge in [-0.1, -0.05) is 42.5 Å². The molecule has 2 atom stereocenters. The second kappa shape index (κ2) is 8.99. The third-order valence-corrected chi connectivity index (χ3v) is 4.81. The van der Waals surface area contributed by atoms with E-state index in [2.05, 4.69) is 10.6 Å². The van der Waals surface area contributed by atoms with Gasteiger partial charge in [-0.2, -0.15) is 0 Å². The van der Waals surface area contributed by atoms with Crippen LogP contribution in [0.4, 0.5) is 5.69 Å². The van der Waals surface area contributed by atoms with Crippen LogP contribution in [0.2, 0.25) is 0 Å². The molecule has 0 saturated carbocycles. The topological polar surface area (TPSA) is 95.5 Å². The summed E-state index contributed by atoms with van der Waals surface area (Å²) in [6.45, 7) is 0.422. The fourth-order valence-corrected chi connectivity index (χ4v) is 3.24. The number of hydrogen-bond donors (Lipinski definition) is 3. The van der Waals surface area contributed by atoms with E-state index in [1.165, 1.54) is 12.1 Å². The van der Waals surface area contributed by atoms with Gasteiger partial charge < -0.3 is 15.7 Å². The molecule has 28 heavy (non-hydrogen) atoms. The Morgan fingerprint density at radius 1 is 0.857 bits per heavy atom. The number of carboxylic acid groups (broad SMARTS) is 1. The fourth-order valence-electron chi connectivity index (χ4n) is 3.24. The maximum Gasteiger partial charge on any atom is 0.335 e. The lowest BCUT2D eigenvalue weighted by Crippen LogP contribution is -2.40. The lowest BCUT2D eigenvalue weighted by Gasteiger charge is -2.26. The summed E-state index contributed by atoms with van der Waals surface area (Å²) in [5.74, 6) is -2.32. The summed E-state index contributed by atoms with van der Waals surface area (Å²) in [7, 11) is 0. The van der Waals surface area contributed by atoms with Crippen molar-refractivity contribution in [2.45, 2.75) is 19.4 Å². The molecule has 2 amide bonds. The summed E-state index contributed by atoms with van der Waals surface area (Å²) in [5.41, 5.74) is 1.66. The van der Waals surface area contributed by atoms with Crippen LogP contribution in [0.3, 0.4) is 0 Å². The Morgan fingerprint density at radius 3 is 2.07 bits per heavy atom. The van der Waals surface area contributed by atoms with Crippen LogP contribution >= 0.6 is 0 Å². The summed E-state index contributed by atoms with van der Waals surface area (Å²) in [6, 6.07) is 15.6. The normalized spacial score (nSPS) is 18.3. The van der Waals surface area contributed by atoms with Gasteiger partial charge in [0, 0.05) is 12.2 Å². The van der Waals surface area contributed by atoms with E-state index in [1.807, 2.05) is 42.5 Å². The quantitative estimate of drug-likeness (QED) is 0.673. The van der Waals surface area contributed by atoms with Crippen molar-refractivity contribution in [1.29, 1.82) is 0 Å². The molecule has 2 aromatic rings. The molecule has 1 aliphatic rings. The number of carbonyl (C=O) groups is 3. The predicted octanol–water partition coefficient (Wildman–Crippen LogP) is 3.22. The molecule has 0 fully saturated rings. The highest BCUT2D eigenvalue weighted by molar-refractivity contribution is 5.97. The van der Waals surface area contributed by atoms with E-state index in [9.17, 15) is 14.4 Å². The summed E-state index contributed by atoms with van der Waals surface area (Å²) in [4.78, 5) is 36.3. The summed E-state index contributed by atoms with van der Waals surface area (Å²) in [5, 5.41) is 14.7. The Hall–Kier alpha value is -3.41. The largest absolute Gasteiger partial charge is 0.478 e. The van der Waals surface area contributed by atoms with Gasteiger partial charge in [-0.15, -0.1) is 0 Å². The van der Waals surface area contributed by atoms with Crippen molar-refractivity contribution in [3.8, 4) is 0 Å². The highest BCUT2D eigenvalue weighted by Crippen LogP contribution is 2.27. The third kappa shape index (κ3) is 4.85. The molecule has 2 unspecified atom stereocenters. The van der Waals surface area contributed by atoms with Gasteiger partial charge in [0.1, 0.15) is 0 Å². The molecule has 6 nitrogen and oxygen atoms in total. The molecule has 0 aliphatic heterocycles. The van der Waals surface area contributed by atoms with Gasteiger partial charge in [0.05, 0.1) is 17.4 Å². The Kier molecular flexibility index (Phi) is 6.22. The lowest BCUT2D eigenvalue weighted by molar-refractivity contribution is -0.132. The molecule has 0 aromatic heterocycles. The number of hydrogen-bond acceptors (Lipinski definition) is 3. The fraction of sp³-hybridized carbons (Fsp3) is 0.227. The van der Waals surface area contributed by atoms with Crippen LogP contribution in [0.1, 0.15) is 28.8 Å². The van der Waals surface area contributed by atoms with Crippen molar-refractivity contribution >= 4 is 23.5 Å². The van der Waals surface area contributed by atoms with Crippen molar-refractivity contribution < 1.29 is 19.5 Å². The van der Waals surface area contributed by atoms with Gasteiger partial charge in [0.15, 0.2) is 0 Å². The third-order valence-electron chi connectivity index (χ3n) is 4.81. The van der Waals surface area contributed by atoms with Crippen LogP contribution in [0, 0.1) is 11.8 Å². The Bertz CT molecular complexity index is 875. The molecule has 0 spiro atoms. The lowest BCUT2D eigenvalue weighted by atomic mass is 9.81. The average Bonchev–Trinajstić information content (AvgIpc) is 2.73. The number of carboxylic acids is 1. The molecule has 0 heterocycles. The number of rotatable bonds is 6. The Labute approximate surface area is 163 Å². The SMILES string of the molecule is O=C(O)c1ccc(NC(=O)C2CC=CCC2C(=O)NCc2ccccc2)cc1. The first-order valence-corrected chi connectivity index (χ1v) is 9.15. The maximum atomic E-state index is 12.7. The molecule has 3 rings (SSSR count). The van der Waals surface area contributed by atoms with E-state index in [4.69, 9.17) is 5.11 Å². The van der Waals surface area contributed by atoms with Gasteiger partial charge in [0.2, 0.25) is 11.8 Å². The Balaban J connectivity index is 1.63. The molecular weight excluding hydrogens is 356 g/mol. The highest BCUT2D eigenvalue weighted by atomic mass is 16.4. The molecule has 0 bridgehead atoms. The van der Waals surface area contributed by atoms with Crippen molar-refractivity contribution in [3.05, 3.63) is 77.9 Å².